The minimum atomic E-state index is -0.949. The highest BCUT2D eigenvalue weighted by atomic mass is 16.6. The molecule has 0 spiro atoms. The van der Waals surface area contributed by atoms with E-state index >= 15 is 0 Å². The molecule has 4 rings (SSSR count). The molecule has 1 amide bonds. The van der Waals surface area contributed by atoms with Crippen LogP contribution in [0.1, 0.15) is 60.0 Å². The van der Waals surface area contributed by atoms with Crippen molar-refractivity contribution in [2.45, 2.75) is 51.9 Å². The van der Waals surface area contributed by atoms with Crippen LogP contribution in [0.5, 0.6) is 0 Å². The number of benzene rings is 2. The summed E-state index contributed by atoms with van der Waals surface area (Å²) in [5.41, 5.74) is 3.61. The minimum Gasteiger partial charge on any atom is -0.449 e. The van der Waals surface area contributed by atoms with E-state index in [0.29, 0.717) is 17.8 Å². The normalized spacial score (nSPS) is 16.5. The quantitative estimate of drug-likeness (QED) is 0.559. The summed E-state index contributed by atoms with van der Waals surface area (Å²) in [5, 5.41) is 3.84. The van der Waals surface area contributed by atoms with Crippen molar-refractivity contribution in [3.8, 4) is 0 Å². The van der Waals surface area contributed by atoms with Crippen molar-refractivity contribution >= 4 is 22.8 Å². The molecular formula is C25H27NO5. The van der Waals surface area contributed by atoms with Gasteiger partial charge in [-0.2, -0.15) is 0 Å². The summed E-state index contributed by atoms with van der Waals surface area (Å²) >= 11 is 0. The first-order valence-corrected chi connectivity index (χ1v) is 10.8. The second-order valence-corrected chi connectivity index (χ2v) is 7.74. The standard InChI is InChI=1S/C25H27NO5/c1-3-29-15-20-19-12-6-7-14-22(19)31-23(20)25(28)30-16(2)24(27)26-21-13-8-10-17-9-4-5-11-18(17)21/h4-7,9,11-12,14,16,21H,3,8,10,13,15H2,1-2H3,(H,26,27). The summed E-state index contributed by atoms with van der Waals surface area (Å²) in [6, 6.07) is 15.4. The van der Waals surface area contributed by atoms with Crippen molar-refractivity contribution in [1.29, 1.82) is 0 Å². The third-order valence-corrected chi connectivity index (χ3v) is 5.67. The fourth-order valence-corrected chi connectivity index (χ4v) is 4.07. The van der Waals surface area contributed by atoms with Gasteiger partial charge in [0.05, 0.1) is 12.6 Å². The number of rotatable bonds is 7. The highest BCUT2D eigenvalue weighted by molar-refractivity contribution is 5.97. The van der Waals surface area contributed by atoms with Gasteiger partial charge in [-0.05, 0) is 50.3 Å². The highest BCUT2D eigenvalue weighted by Crippen LogP contribution is 2.30. The van der Waals surface area contributed by atoms with Crippen LogP contribution < -0.4 is 5.32 Å². The number of ether oxygens (including phenoxy) is 2. The van der Waals surface area contributed by atoms with Gasteiger partial charge in [-0.3, -0.25) is 4.79 Å². The van der Waals surface area contributed by atoms with E-state index in [9.17, 15) is 9.59 Å². The van der Waals surface area contributed by atoms with E-state index in [2.05, 4.69) is 11.4 Å². The number of fused-ring (bicyclic) bond motifs is 2. The fourth-order valence-electron chi connectivity index (χ4n) is 4.07. The lowest BCUT2D eigenvalue weighted by Crippen LogP contribution is -2.39. The molecule has 2 aromatic carbocycles. The molecule has 0 fully saturated rings. The van der Waals surface area contributed by atoms with E-state index in [-0.39, 0.29) is 24.3 Å². The topological polar surface area (TPSA) is 77.8 Å². The largest absolute Gasteiger partial charge is 0.449 e. The number of hydrogen-bond donors (Lipinski definition) is 1. The van der Waals surface area contributed by atoms with E-state index in [1.807, 2.05) is 43.3 Å². The average Bonchev–Trinajstić information content (AvgIpc) is 3.16. The maximum absolute atomic E-state index is 12.9. The van der Waals surface area contributed by atoms with E-state index in [0.717, 1.165) is 30.2 Å². The Kier molecular flexibility index (Phi) is 6.37. The van der Waals surface area contributed by atoms with Crippen molar-refractivity contribution in [3.05, 3.63) is 71.0 Å². The molecule has 0 saturated heterocycles. The van der Waals surface area contributed by atoms with E-state index in [4.69, 9.17) is 13.9 Å². The fraction of sp³-hybridized carbons (Fsp3) is 0.360. The van der Waals surface area contributed by atoms with Crippen LogP contribution in [0.25, 0.3) is 11.0 Å². The van der Waals surface area contributed by atoms with Gasteiger partial charge in [0.2, 0.25) is 5.76 Å². The van der Waals surface area contributed by atoms with Crippen LogP contribution in [-0.2, 0) is 27.3 Å². The summed E-state index contributed by atoms with van der Waals surface area (Å²) in [6.45, 7) is 4.20. The van der Waals surface area contributed by atoms with E-state index < -0.39 is 12.1 Å². The molecule has 162 valence electrons. The first-order chi connectivity index (χ1) is 15.1. The smallest absolute Gasteiger partial charge is 0.375 e. The van der Waals surface area contributed by atoms with Crippen molar-refractivity contribution < 1.29 is 23.5 Å². The van der Waals surface area contributed by atoms with Gasteiger partial charge in [0, 0.05) is 17.6 Å². The number of carbonyl (C=O) groups excluding carboxylic acids is 2. The summed E-state index contributed by atoms with van der Waals surface area (Å²) in [7, 11) is 0. The minimum absolute atomic E-state index is 0.0710. The lowest BCUT2D eigenvalue weighted by atomic mass is 9.87. The van der Waals surface area contributed by atoms with Gasteiger partial charge in [0.1, 0.15) is 5.58 Å². The van der Waals surface area contributed by atoms with Crippen LogP contribution in [0.15, 0.2) is 52.9 Å². The molecule has 2 unspecified atom stereocenters. The van der Waals surface area contributed by atoms with Gasteiger partial charge < -0.3 is 19.2 Å². The predicted octanol–water partition coefficient (Wildman–Crippen LogP) is 4.71. The zero-order valence-corrected chi connectivity index (χ0v) is 17.9. The van der Waals surface area contributed by atoms with Gasteiger partial charge in [0.25, 0.3) is 5.91 Å². The van der Waals surface area contributed by atoms with Crippen molar-refractivity contribution in [2.75, 3.05) is 6.61 Å². The maximum atomic E-state index is 12.9. The Morgan fingerprint density at radius 1 is 1.16 bits per heavy atom. The third-order valence-electron chi connectivity index (χ3n) is 5.67. The molecule has 1 aliphatic rings. The molecule has 1 N–H and O–H groups in total. The van der Waals surface area contributed by atoms with Gasteiger partial charge >= 0.3 is 5.97 Å². The van der Waals surface area contributed by atoms with Crippen molar-refractivity contribution in [3.63, 3.8) is 0 Å². The van der Waals surface area contributed by atoms with Crippen LogP contribution in [0.3, 0.4) is 0 Å². The summed E-state index contributed by atoms with van der Waals surface area (Å²) in [6.07, 6.45) is 1.94. The molecule has 0 radical (unpaired) electrons. The second-order valence-electron chi connectivity index (χ2n) is 7.74. The zero-order valence-electron chi connectivity index (χ0n) is 17.9. The number of furan rings is 1. The molecule has 0 bridgehead atoms. The summed E-state index contributed by atoms with van der Waals surface area (Å²) < 4.78 is 16.7. The lowest BCUT2D eigenvalue weighted by Gasteiger charge is -2.27. The van der Waals surface area contributed by atoms with Crippen molar-refractivity contribution in [1.82, 2.24) is 5.32 Å². The predicted molar refractivity (Wildman–Crippen MR) is 117 cm³/mol. The van der Waals surface area contributed by atoms with E-state index in [1.54, 1.807) is 13.0 Å². The number of hydrogen-bond acceptors (Lipinski definition) is 5. The molecule has 2 atom stereocenters. The summed E-state index contributed by atoms with van der Waals surface area (Å²) in [5.74, 6) is -0.910. The van der Waals surface area contributed by atoms with Crippen LogP contribution in [0, 0.1) is 0 Å². The SMILES string of the molecule is CCOCc1c(C(=O)OC(C)C(=O)NC2CCCc3ccccc32)oc2ccccc12. The Morgan fingerprint density at radius 2 is 1.94 bits per heavy atom. The van der Waals surface area contributed by atoms with Gasteiger partial charge in [-0.15, -0.1) is 0 Å². The Bertz CT molecular complexity index is 1090. The number of para-hydroxylation sites is 1. The maximum Gasteiger partial charge on any atom is 0.375 e. The van der Waals surface area contributed by atoms with Crippen LogP contribution >= 0.6 is 0 Å². The lowest BCUT2D eigenvalue weighted by molar-refractivity contribution is -0.130. The van der Waals surface area contributed by atoms with Crippen LogP contribution in [0.2, 0.25) is 0 Å². The first-order valence-electron chi connectivity index (χ1n) is 10.8. The third kappa shape index (κ3) is 4.49. The van der Waals surface area contributed by atoms with Gasteiger partial charge in [0.15, 0.2) is 6.10 Å². The summed E-state index contributed by atoms with van der Waals surface area (Å²) in [4.78, 5) is 25.6. The number of amides is 1. The molecule has 1 aliphatic carbocycles. The first kappa shape index (κ1) is 21.1. The van der Waals surface area contributed by atoms with Crippen molar-refractivity contribution in [2.24, 2.45) is 0 Å². The van der Waals surface area contributed by atoms with E-state index in [1.165, 1.54) is 5.56 Å². The molecule has 6 nitrogen and oxygen atoms in total. The number of esters is 1. The molecule has 3 aromatic rings. The number of nitrogens with one attached hydrogen (secondary N) is 1. The molecular weight excluding hydrogens is 394 g/mol. The Labute approximate surface area is 181 Å². The Morgan fingerprint density at radius 3 is 2.77 bits per heavy atom. The number of carbonyl (C=O) groups is 2. The Balaban J connectivity index is 1.47. The zero-order chi connectivity index (χ0) is 21.8. The molecule has 0 aliphatic heterocycles. The monoisotopic (exact) mass is 421 g/mol. The van der Waals surface area contributed by atoms with Crippen LogP contribution in [-0.4, -0.2) is 24.6 Å². The molecule has 6 heteroatoms. The molecule has 1 aromatic heterocycles. The number of aryl methyl sites for hydroxylation is 1. The Hall–Kier alpha value is -3.12. The van der Waals surface area contributed by atoms with Gasteiger partial charge in [-0.1, -0.05) is 42.5 Å². The molecule has 0 saturated carbocycles. The average molecular weight is 421 g/mol. The van der Waals surface area contributed by atoms with Crippen LogP contribution in [0.4, 0.5) is 0 Å². The molecule has 31 heavy (non-hydrogen) atoms. The highest BCUT2D eigenvalue weighted by Gasteiger charge is 2.28. The second kappa shape index (κ2) is 9.35. The molecule has 1 heterocycles. The van der Waals surface area contributed by atoms with Gasteiger partial charge in [-0.25, -0.2) is 4.79 Å².